The molecular weight excluding hydrogens is 290 g/mol. The molecule has 0 spiro atoms. The molecule has 0 bridgehead atoms. The largest absolute Gasteiger partial charge is 0.478 e. The quantitative estimate of drug-likeness (QED) is 0.434. The van der Waals surface area contributed by atoms with Crippen LogP contribution in [-0.2, 0) is 4.74 Å². The maximum Gasteiger partial charge on any atom is 0.215 e. The molecule has 5 nitrogen and oxygen atoms in total. The number of rotatable bonds is 8. The molecule has 0 aliphatic carbocycles. The first-order valence-corrected chi connectivity index (χ1v) is 7.84. The Bertz CT molecular complexity index is 553. The number of pyridine rings is 1. The van der Waals surface area contributed by atoms with E-state index in [0.29, 0.717) is 24.2 Å². The van der Waals surface area contributed by atoms with E-state index in [1.807, 2.05) is 25.1 Å². The summed E-state index contributed by atoms with van der Waals surface area (Å²) in [5.74, 6) is 1.74. The van der Waals surface area contributed by atoms with E-state index < -0.39 is 0 Å². The second-order valence-corrected chi connectivity index (χ2v) is 5.90. The van der Waals surface area contributed by atoms with E-state index in [1.54, 1.807) is 24.3 Å². The molecule has 0 radical (unpaired) electrons. The van der Waals surface area contributed by atoms with Gasteiger partial charge in [-0.15, -0.1) is 0 Å². The highest BCUT2D eigenvalue weighted by atomic mass is 16.5. The van der Waals surface area contributed by atoms with Crippen molar-refractivity contribution in [3.05, 3.63) is 42.5 Å². The van der Waals surface area contributed by atoms with Crippen LogP contribution in [0.1, 0.15) is 27.7 Å². The van der Waals surface area contributed by atoms with Crippen LogP contribution < -0.4 is 10.5 Å². The minimum Gasteiger partial charge on any atom is -0.478 e. The van der Waals surface area contributed by atoms with Gasteiger partial charge in [0.15, 0.2) is 0 Å². The van der Waals surface area contributed by atoms with Crippen LogP contribution in [0.3, 0.4) is 0 Å². The Kier molecular flexibility index (Phi) is 7.88. The van der Waals surface area contributed by atoms with Crippen LogP contribution >= 0.6 is 0 Å². The first-order valence-electron chi connectivity index (χ1n) is 7.84. The third kappa shape index (κ3) is 8.04. The Morgan fingerprint density at radius 1 is 1.26 bits per heavy atom. The van der Waals surface area contributed by atoms with E-state index in [4.69, 9.17) is 20.6 Å². The molecule has 23 heavy (non-hydrogen) atoms. The van der Waals surface area contributed by atoms with Gasteiger partial charge in [-0.05, 0) is 25.0 Å². The minimum absolute atomic E-state index is 0.0365. The zero-order valence-corrected chi connectivity index (χ0v) is 14.3. The van der Waals surface area contributed by atoms with Crippen molar-refractivity contribution in [2.45, 2.75) is 33.8 Å². The number of nitrogen functional groups attached to an aromatic ring is 1. The molecule has 0 aromatic carbocycles. The lowest BCUT2D eigenvalue weighted by Crippen LogP contribution is -2.20. The molecule has 2 atom stereocenters. The maximum absolute atomic E-state index is 7.63. The second kappa shape index (κ2) is 9.66. The van der Waals surface area contributed by atoms with Gasteiger partial charge in [0.05, 0.1) is 6.61 Å². The van der Waals surface area contributed by atoms with Crippen LogP contribution in [0.4, 0.5) is 5.82 Å². The lowest BCUT2D eigenvalue weighted by Gasteiger charge is -2.18. The van der Waals surface area contributed by atoms with E-state index in [9.17, 15) is 0 Å². The molecule has 3 N–H and O–H groups in total. The van der Waals surface area contributed by atoms with Crippen molar-refractivity contribution in [1.82, 2.24) is 4.98 Å². The molecule has 5 heteroatoms. The zero-order valence-electron chi connectivity index (χ0n) is 14.3. The van der Waals surface area contributed by atoms with Crippen LogP contribution in [0.2, 0.25) is 0 Å². The van der Waals surface area contributed by atoms with Crippen molar-refractivity contribution >= 4 is 11.7 Å². The average Bonchev–Trinajstić information content (AvgIpc) is 2.49. The Hall–Kier alpha value is -2.30. The number of allylic oxidation sites excluding steroid dienone is 2. The Morgan fingerprint density at radius 2 is 2.00 bits per heavy atom. The number of ether oxygens (including phenoxy) is 2. The lowest BCUT2D eigenvalue weighted by molar-refractivity contribution is 0.176. The average molecular weight is 317 g/mol. The van der Waals surface area contributed by atoms with Crippen molar-refractivity contribution < 1.29 is 9.47 Å². The van der Waals surface area contributed by atoms with Crippen molar-refractivity contribution in [3.63, 3.8) is 0 Å². The predicted molar refractivity (Wildman–Crippen MR) is 94.7 cm³/mol. The van der Waals surface area contributed by atoms with Gasteiger partial charge in [0.25, 0.3) is 0 Å². The van der Waals surface area contributed by atoms with Gasteiger partial charge in [0, 0.05) is 12.0 Å². The molecule has 0 aliphatic rings. The molecule has 2 unspecified atom stereocenters. The third-order valence-electron chi connectivity index (χ3n) is 3.14. The molecule has 0 aliphatic heterocycles. The highest BCUT2D eigenvalue weighted by Crippen LogP contribution is 2.15. The first-order chi connectivity index (χ1) is 10.9. The summed E-state index contributed by atoms with van der Waals surface area (Å²) in [6, 6.07) is 5.33. The Labute approximate surface area is 138 Å². The molecule has 1 heterocycles. The van der Waals surface area contributed by atoms with Gasteiger partial charge >= 0.3 is 0 Å². The molecular formula is C18H27N3O2. The summed E-state index contributed by atoms with van der Waals surface area (Å²) in [6.07, 6.45) is 7.31. The summed E-state index contributed by atoms with van der Waals surface area (Å²) in [4.78, 5) is 4.12. The van der Waals surface area contributed by atoms with Crippen LogP contribution in [0.15, 0.2) is 42.5 Å². The van der Waals surface area contributed by atoms with Crippen molar-refractivity contribution in [2.24, 2.45) is 11.8 Å². The summed E-state index contributed by atoms with van der Waals surface area (Å²) < 4.78 is 11.0. The molecule has 0 saturated heterocycles. The number of anilines is 1. The fourth-order valence-corrected chi connectivity index (χ4v) is 1.64. The number of nitrogens with two attached hydrogens (primary N) is 1. The summed E-state index contributed by atoms with van der Waals surface area (Å²) in [6.45, 7) is 8.70. The molecule has 1 aromatic rings. The molecule has 1 rings (SSSR count). The molecule has 0 fully saturated rings. The van der Waals surface area contributed by atoms with Gasteiger partial charge in [-0.25, -0.2) is 0 Å². The van der Waals surface area contributed by atoms with Crippen molar-refractivity contribution in [2.75, 3.05) is 12.3 Å². The van der Waals surface area contributed by atoms with Crippen LogP contribution in [0.25, 0.3) is 0 Å². The van der Waals surface area contributed by atoms with Gasteiger partial charge < -0.3 is 15.2 Å². The standard InChI is InChI=1S/C18H27N3O2/c1-13(2)12-22-17(20)10-6-5-8-14(3)15(4)23-18-11-7-9-16(19)21-18/h5-11,13-15,20H,12H2,1-4H3,(H2,19,21)/b8-5+,10-6-,20-17?. The van der Waals surface area contributed by atoms with Gasteiger partial charge in [0.1, 0.15) is 11.9 Å². The topological polar surface area (TPSA) is 81.2 Å². The maximum atomic E-state index is 7.63. The fourth-order valence-electron chi connectivity index (χ4n) is 1.64. The number of hydrogen-bond donors (Lipinski definition) is 2. The smallest absolute Gasteiger partial charge is 0.215 e. The van der Waals surface area contributed by atoms with E-state index >= 15 is 0 Å². The SMILES string of the molecule is CC(C)COC(=N)/C=C\C=C\C(C)C(C)Oc1cccc(N)n1. The van der Waals surface area contributed by atoms with Gasteiger partial charge in [0.2, 0.25) is 11.8 Å². The number of aromatic nitrogens is 1. The highest BCUT2D eigenvalue weighted by molar-refractivity contribution is 5.84. The summed E-state index contributed by atoms with van der Waals surface area (Å²) in [5.41, 5.74) is 5.63. The monoisotopic (exact) mass is 317 g/mol. The zero-order chi connectivity index (χ0) is 17.2. The molecule has 126 valence electrons. The Balaban J connectivity index is 2.42. The van der Waals surface area contributed by atoms with Gasteiger partial charge in [-0.3, -0.25) is 5.41 Å². The van der Waals surface area contributed by atoms with Crippen molar-refractivity contribution in [3.8, 4) is 5.88 Å². The van der Waals surface area contributed by atoms with Crippen molar-refractivity contribution in [1.29, 1.82) is 5.41 Å². The van der Waals surface area contributed by atoms with E-state index in [1.165, 1.54) is 0 Å². The first kappa shape index (κ1) is 18.7. The van der Waals surface area contributed by atoms with E-state index in [0.717, 1.165) is 0 Å². The normalized spacial score (nSPS) is 14.3. The molecule has 0 saturated carbocycles. The number of nitrogens with one attached hydrogen (secondary N) is 1. The molecule has 0 amide bonds. The minimum atomic E-state index is -0.0365. The summed E-state index contributed by atoms with van der Waals surface area (Å²) >= 11 is 0. The number of hydrogen-bond acceptors (Lipinski definition) is 5. The van der Waals surface area contributed by atoms with Crippen LogP contribution in [0, 0.1) is 17.2 Å². The van der Waals surface area contributed by atoms with Gasteiger partial charge in [-0.1, -0.05) is 45.1 Å². The fraction of sp³-hybridized carbons (Fsp3) is 0.444. The summed E-state index contributed by atoms with van der Waals surface area (Å²) in [7, 11) is 0. The molecule has 1 aromatic heterocycles. The third-order valence-corrected chi connectivity index (χ3v) is 3.14. The summed E-state index contributed by atoms with van der Waals surface area (Å²) in [5, 5.41) is 7.63. The number of nitrogens with zero attached hydrogens (tertiary/aromatic N) is 1. The Morgan fingerprint density at radius 3 is 2.65 bits per heavy atom. The predicted octanol–water partition coefficient (Wildman–Crippen LogP) is 3.83. The van der Waals surface area contributed by atoms with E-state index in [2.05, 4.69) is 25.8 Å². The highest BCUT2D eigenvalue weighted by Gasteiger charge is 2.11. The van der Waals surface area contributed by atoms with Crippen LogP contribution in [0.5, 0.6) is 5.88 Å². The van der Waals surface area contributed by atoms with Crippen LogP contribution in [-0.4, -0.2) is 23.6 Å². The second-order valence-electron chi connectivity index (χ2n) is 5.90. The lowest BCUT2D eigenvalue weighted by atomic mass is 10.1. The van der Waals surface area contributed by atoms with Gasteiger partial charge in [-0.2, -0.15) is 4.98 Å². The van der Waals surface area contributed by atoms with E-state index in [-0.39, 0.29) is 17.9 Å².